The summed E-state index contributed by atoms with van der Waals surface area (Å²) in [4.78, 5) is 0. The van der Waals surface area contributed by atoms with Crippen LogP contribution in [-0.4, -0.2) is 19.2 Å². The van der Waals surface area contributed by atoms with Crippen LogP contribution in [0.3, 0.4) is 0 Å². The zero-order valence-electron chi connectivity index (χ0n) is 9.01. The van der Waals surface area contributed by atoms with Gasteiger partial charge in [0.1, 0.15) is 11.6 Å². The van der Waals surface area contributed by atoms with Crippen molar-refractivity contribution in [3.63, 3.8) is 0 Å². The van der Waals surface area contributed by atoms with Crippen molar-refractivity contribution < 1.29 is 9.13 Å². The van der Waals surface area contributed by atoms with Gasteiger partial charge in [0.2, 0.25) is 0 Å². The molecule has 0 saturated carbocycles. The second kappa shape index (κ2) is 5.64. The highest BCUT2D eigenvalue weighted by molar-refractivity contribution is 9.10. The van der Waals surface area contributed by atoms with Gasteiger partial charge in [-0.25, -0.2) is 4.39 Å². The molecule has 16 heavy (non-hydrogen) atoms. The van der Waals surface area contributed by atoms with E-state index in [0.29, 0.717) is 4.47 Å². The summed E-state index contributed by atoms with van der Waals surface area (Å²) in [5, 5.41) is 3.33. The average molecular weight is 288 g/mol. The lowest BCUT2D eigenvalue weighted by atomic mass is 10.1. The lowest BCUT2D eigenvalue weighted by Crippen LogP contribution is -2.19. The maximum absolute atomic E-state index is 13.0. The van der Waals surface area contributed by atoms with E-state index in [2.05, 4.69) is 21.2 Å². The summed E-state index contributed by atoms with van der Waals surface area (Å²) in [5.41, 5.74) is 0. The summed E-state index contributed by atoms with van der Waals surface area (Å²) in [7, 11) is 0. The zero-order chi connectivity index (χ0) is 11.4. The first-order valence-corrected chi connectivity index (χ1v) is 6.37. The largest absolute Gasteiger partial charge is 0.490 e. The van der Waals surface area contributed by atoms with Crippen molar-refractivity contribution in [1.82, 2.24) is 5.32 Å². The average Bonchev–Trinajstić information content (AvgIpc) is 2.52. The number of nitrogens with one attached hydrogen (secondary N) is 1. The van der Waals surface area contributed by atoms with Crippen LogP contribution in [0.25, 0.3) is 0 Å². The molecule has 0 amide bonds. The lowest BCUT2D eigenvalue weighted by molar-refractivity contribution is 0.187. The summed E-state index contributed by atoms with van der Waals surface area (Å²) in [6.07, 6.45) is 3.44. The second-order valence-corrected chi connectivity index (χ2v) is 4.85. The Morgan fingerprint density at radius 1 is 1.31 bits per heavy atom. The third-order valence-electron chi connectivity index (χ3n) is 2.72. The number of ether oxygens (including phenoxy) is 1. The van der Waals surface area contributed by atoms with Crippen molar-refractivity contribution >= 4 is 15.9 Å². The minimum absolute atomic E-state index is 0.243. The SMILES string of the molecule is Fc1ccc(OC2CCCNCC2)cc1Br. The maximum Gasteiger partial charge on any atom is 0.137 e. The predicted octanol–water partition coefficient (Wildman–Crippen LogP) is 3.11. The van der Waals surface area contributed by atoms with Crippen molar-refractivity contribution in [1.29, 1.82) is 0 Å². The molecular weight excluding hydrogens is 273 g/mol. The highest BCUT2D eigenvalue weighted by atomic mass is 79.9. The molecule has 2 rings (SSSR count). The lowest BCUT2D eigenvalue weighted by Gasteiger charge is -2.16. The molecule has 0 radical (unpaired) electrons. The van der Waals surface area contributed by atoms with E-state index in [0.717, 1.165) is 38.1 Å². The summed E-state index contributed by atoms with van der Waals surface area (Å²) in [6.45, 7) is 2.06. The van der Waals surface area contributed by atoms with Crippen LogP contribution in [0.1, 0.15) is 19.3 Å². The van der Waals surface area contributed by atoms with Gasteiger partial charge in [0.05, 0.1) is 10.6 Å². The van der Waals surface area contributed by atoms with Gasteiger partial charge in [0.25, 0.3) is 0 Å². The number of hydrogen-bond acceptors (Lipinski definition) is 2. The van der Waals surface area contributed by atoms with Gasteiger partial charge in [-0.1, -0.05) is 0 Å². The Kier molecular flexibility index (Phi) is 4.18. The summed E-state index contributed by atoms with van der Waals surface area (Å²) in [6, 6.07) is 4.79. The number of benzene rings is 1. The Bertz CT molecular complexity index is 351. The van der Waals surface area contributed by atoms with E-state index in [1.165, 1.54) is 6.07 Å². The zero-order valence-corrected chi connectivity index (χ0v) is 10.6. The summed E-state index contributed by atoms with van der Waals surface area (Å²) < 4.78 is 19.3. The molecule has 1 heterocycles. The molecule has 1 unspecified atom stereocenters. The number of halogens is 2. The standard InChI is InChI=1S/C12H15BrFNO/c13-11-8-10(3-4-12(11)14)16-9-2-1-6-15-7-5-9/h3-4,8-9,15H,1-2,5-7H2. The van der Waals surface area contributed by atoms with Crippen LogP contribution < -0.4 is 10.1 Å². The Morgan fingerprint density at radius 2 is 2.19 bits per heavy atom. The Morgan fingerprint density at radius 3 is 3.00 bits per heavy atom. The van der Waals surface area contributed by atoms with Crippen molar-refractivity contribution in [2.75, 3.05) is 13.1 Å². The van der Waals surface area contributed by atoms with Crippen molar-refractivity contribution in [2.24, 2.45) is 0 Å². The highest BCUT2D eigenvalue weighted by Crippen LogP contribution is 2.24. The molecule has 1 aromatic carbocycles. The first-order valence-electron chi connectivity index (χ1n) is 5.58. The molecule has 0 spiro atoms. The van der Waals surface area contributed by atoms with Gasteiger partial charge in [0, 0.05) is 0 Å². The molecule has 0 bridgehead atoms. The first kappa shape index (κ1) is 11.9. The van der Waals surface area contributed by atoms with Gasteiger partial charge in [-0.15, -0.1) is 0 Å². The molecule has 0 aliphatic carbocycles. The number of hydrogen-bond donors (Lipinski definition) is 1. The third kappa shape index (κ3) is 3.19. The molecule has 88 valence electrons. The molecule has 0 aromatic heterocycles. The molecule has 4 heteroatoms. The van der Waals surface area contributed by atoms with E-state index in [1.807, 2.05) is 0 Å². The van der Waals surface area contributed by atoms with Gasteiger partial charge in [-0.3, -0.25) is 0 Å². The Labute approximate surface area is 103 Å². The fraction of sp³-hybridized carbons (Fsp3) is 0.500. The van der Waals surface area contributed by atoms with E-state index < -0.39 is 0 Å². The Hall–Kier alpha value is -0.610. The number of rotatable bonds is 2. The minimum atomic E-state index is -0.255. The molecule has 1 N–H and O–H groups in total. The fourth-order valence-electron chi connectivity index (χ4n) is 1.85. The summed E-state index contributed by atoms with van der Waals surface area (Å²) >= 11 is 3.16. The molecule has 1 fully saturated rings. The van der Waals surface area contributed by atoms with Crippen LogP contribution in [0, 0.1) is 5.82 Å². The van der Waals surface area contributed by atoms with Crippen LogP contribution in [0.2, 0.25) is 0 Å². The molecular formula is C12H15BrFNO. The van der Waals surface area contributed by atoms with E-state index in [1.54, 1.807) is 12.1 Å². The van der Waals surface area contributed by atoms with Gasteiger partial charge in [-0.05, 0) is 66.5 Å². The van der Waals surface area contributed by atoms with E-state index in [4.69, 9.17) is 4.74 Å². The third-order valence-corrected chi connectivity index (χ3v) is 3.32. The van der Waals surface area contributed by atoms with Crippen LogP contribution >= 0.6 is 15.9 Å². The van der Waals surface area contributed by atoms with E-state index in [9.17, 15) is 4.39 Å². The van der Waals surface area contributed by atoms with Crippen molar-refractivity contribution in [3.8, 4) is 5.75 Å². The maximum atomic E-state index is 13.0. The van der Waals surface area contributed by atoms with Crippen LogP contribution in [-0.2, 0) is 0 Å². The fourth-order valence-corrected chi connectivity index (χ4v) is 2.21. The van der Waals surface area contributed by atoms with Crippen molar-refractivity contribution in [2.45, 2.75) is 25.4 Å². The molecule has 2 nitrogen and oxygen atoms in total. The van der Waals surface area contributed by atoms with Gasteiger partial charge in [-0.2, -0.15) is 0 Å². The van der Waals surface area contributed by atoms with Crippen LogP contribution in [0.15, 0.2) is 22.7 Å². The molecule has 1 atom stereocenters. The topological polar surface area (TPSA) is 21.3 Å². The monoisotopic (exact) mass is 287 g/mol. The van der Waals surface area contributed by atoms with Crippen molar-refractivity contribution in [3.05, 3.63) is 28.5 Å². The van der Waals surface area contributed by atoms with E-state index in [-0.39, 0.29) is 11.9 Å². The van der Waals surface area contributed by atoms with Gasteiger partial charge in [0.15, 0.2) is 0 Å². The molecule has 1 aromatic rings. The smallest absolute Gasteiger partial charge is 0.137 e. The predicted molar refractivity (Wildman–Crippen MR) is 65.2 cm³/mol. The molecule has 1 aliphatic heterocycles. The van der Waals surface area contributed by atoms with Gasteiger partial charge >= 0.3 is 0 Å². The molecule has 1 aliphatic rings. The van der Waals surface area contributed by atoms with E-state index >= 15 is 0 Å². The second-order valence-electron chi connectivity index (χ2n) is 4.00. The quantitative estimate of drug-likeness (QED) is 0.903. The molecule has 1 saturated heterocycles. The van der Waals surface area contributed by atoms with Crippen LogP contribution in [0.5, 0.6) is 5.75 Å². The summed E-state index contributed by atoms with van der Waals surface area (Å²) in [5.74, 6) is 0.482. The first-order chi connectivity index (χ1) is 7.75. The highest BCUT2D eigenvalue weighted by Gasteiger charge is 2.13. The minimum Gasteiger partial charge on any atom is -0.490 e. The van der Waals surface area contributed by atoms with Gasteiger partial charge < -0.3 is 10.1 Å². The van der Waals surface area contributed by atoms with Crippen LogP contribution in [0.4, 0.5) is 4.39 Å². The normalized spacial score (nSPS) is 21.5. The Balaban J connectivity index is 1.99.